The largest absolute Gasteiger partial charge is 0.226 e. The van der Waals surface area contributed by atoms with Gasteiger partial charge in [-0.3, -0.25) is 0 Å². The van der Waals surface area contributed by atoms with Crippen molar-refractivity contribution < 1.29 is 0 Å². The van der Waals surface area contributed by atoms with Gasteiger partial charge in [0.2, 0.25) is 0 Å². The molecule has 0 radical (unpaired) electrons. The number of benzene rings is 2. The van der Waals surface area contributed by atoms with Gasteiger partial charge in [0.05, 0.1) is 0 Å². The lowest BCUT2D eigenvalue weighted by atomic mass is 9.87. The van der Waals surface area contributed by atoms with Crippen molar-refractivity contribution in [1.29, 1.82) is 5.26 Å². The van der Waals surface area contributed by atoms with Crippen LogP contribution in [-0.4, -0.2) is 29.9 Å². The molecule has 0 saturated heterocycles. The van der Waals surface area contributed by atoms with E-state index in [0.717, 1.165) is 33.0 Å². The second-order valence-electron chi connectivity index (χ2n) is 5.14. The molecule has 0 atom stereocenters. The smallest absolute Gasteiger partial charge is 0.190 e. The summed E-state index contributed by atoms with van der Waals surface area (Å²) in [6.07, 6.45) is 2.03. The Hall–Kier alpha value is -2.36. The van der Waals surface area contributed by atoms with E-state index >= 15 is 0 Å². The van der Waals surface area contributed by atoms with Gasteiger partial charge in [-0.15, -0.1) is 0 Å². The Balaban J connectivity index is 2.19. The van der Waals surface area contributed by atoms with E-state index < -0.39 is 0 Å². The Morgan fingerprint density at radius 2 is 1.17 bits per heavy atom. The first-order valence-corrected chi connectivity index (χ1v) is 8.29. The summed E-state index contributed by atoms with van der Waals surface area (Å²) in [5, 5.41) is 12.3. The van der Waals surface area contributed by atoms with Gasteiger partial charge in [-0.05, 0) is 5.01 Å². The third-order valence-corrected chi connectivity index (χ3v) is 5.66. The van der Waals surface area contributed by atoms with E-state index in [2.05, 4.69) is 4.95 Å². The minimum absolute atomic E-state index is 0.364. The maximum absolute atomic E-state index is 9.35. The van der Waals surface area contributed by atoms with Crippen LogP contribution >= 0.6 is 48.9 Å². The summed E-state index contributed by atoms with van der Waals surface area (Å²) in [5.41, 5.74) is 3.00. The molecule has 0 saturated carbocycles. The first-order chi connectivity index (χ1) is 11.5. The van der Waals surface area contributed by atoms with Gasteiger partial charge in [0, 0.05) is 33.0 Å². The van der Waals surface area contributed by atoms with Crippen LogP contribution in [0.2, 0.25) is 0 Å². The van der Waals surface area contributed by atoms with Gasteiger partial charge in [-0.25, -0.2) is 4.90 Å². The van der Waals surface area contributed by atoms with Crippen LogP contribution < -0.4 is 0 Å². The molecule has 0 fully saturated rings. The summed E-state index contributed by atoms with van der Waals surface area (Å²) in [7, 11) is 0. The third kappa shape index (κ3) is 1.68. The van der Waals surface area contributed by atoms with Crippen molar-refractivity contribution in [2.75, 3.05) is 0 Å². The summed E-state index contributed by atoms with van der Waals surface area (Å²) in [6, 6.07) is 7.29. The Morgan fingerprint density at radius 1 is 0.792 bits per heavy atom. The lowest BCUT2D eigenvalue weighted by Gasteiger charge is -2.30. The average Bonchev–Trinajstić information content (AvgIpc) is 2.58. The van der Waals surface area contributed by atoms with Crippen LogP contribution in [0.3, 0.4) is 0 Å². The summed E-state index contributed by atoms with van der Waals surface area (Å²) in [4.78, 5) is 6.16. The van der Waals surface area contributed by atoms with Crippen molar-refractivity contribution in [3.8, 4) is 6.19 Å². The van der Waals surface area contributed by atoms with Crippen LogP contribution in [-0.2, 0) is 0 Å². The summed E-state index contributed by atoms with van der Waals surface area (Å²) in [6.45, 7) is 7.33. The number of hydrogen-bond acceptors (Lipinski definition) is 5. The Bertz CT molecular complexity index is 960. The fourth-order valence-corrected chi connectivity index (χ4v) is 4.37. The maximum Gasteiger partial charge on any atom is 0.190 e. The molecule has 4 rings (SSSR count). The molecule has 8 heteroatoms. The molecule has 2 aliphatic heterocycles. The van der Waals surface area contributed by atoms with E-state index in [1.807, 2.05) is 30.5 Å². The molecule has 0 amide bonds. The zero-order chi connectivity index (χ0) is 17.2. The summed E-state index contributed by atoms with van der Waals surface area (Å²) in [5.74, 6) is 0. The molecule has 112 valence electrons. The van der Waals surface area contributed by atoms with Crippen molar-refractivity contribution in [1.82, 2.24) is 9.91 Å². The summed E-state index contributed by atoms with van der Waals surface area (Å²) >= 11 is 21.7. The number of thiocarbonyl (C=S) groups is 4. The van der Waals surface area contributed by atoms with Crippen molar-refractivity contribution in [3.63, 3.8) is 0 Å². The van der Waals surface area contributed by atoms with Crippen LogP contribution in [0.15, 0.2) is 24.3 Å². The lowest BCUT2D eigenvalue weighted by molar-refractivity contribution is 0.854. The van der Waals surface area contributed by atoms with Crippen LogP contribution in [0.5, 0.6) is 0 Å². The van der Waals surface area contributed by atoms with Gasteiger partial charge >= 0.3 is 0 Å². The highest BCUT2D eigenvalue weighted by Crippen LogP contribution is 2.38. The number of rotatable bonds is 0. The van der Waals surface area contributed by atoms with Crippen molar-refractivity contribution in [2.24, 2.45) is 0 Å². The molecule has 0 aromatic heterocycles. The second kappa shape index (κ2) is 5.07. The molecule has 2 aromatic carbocycles. The maximum atomic E-state index is 9.35. The SMILES string of the molecule is [C-]#[N+]N1C(=S)c2ccc3c4c(ccc(c24)C1=S)C(=S)N(C#N)C3=S. The van der Waals surface area contributed by atoms with Crippen LogP contribution in [0.25, 0.3) is 15.7 Å². The number of nitriles is 1. The van der Waals surface area contributed by atoms with E-state index in [4.69, 9.17) is 55.4 Å². The zero-order valence-corrected chi connectivity index (χ0v) is 15.0. The normalized spacial score (nSPS) is 15.6. The van der Waals surface area contributed by atoms with Crippen LogP contribution in [0.4, 0.5) is 0 Å². The number of nitrogens with zero attached hydrogens (tertiary/aromatic N) is 4. The Labute approximate surface area is 158 Å². The topological polar surface area (TPSA) is 34.6 Å². The minimum Gasteiger partial charge on any atom is -0.226 e. The van der Waals surface area contributed by atoms with Crippen LogP contribution in [0.1, 0.15) is 22.3 Å². The van der Waals surface area contributed by atoms with Gasteiger partial charge in [0.15, 0.2) is 16.2 Å². The van der Waals surface area contributed by atoms with E-state index in [-0.39, 0.29) is 0 Å². The highest BCUT2D eigenvalue weighted by atomic mass is 32.1. The standard InChI is InChI=1S/C16H4N4S4/c1-18-20-15(23)9-4-2-7-11-8(14(22)19(6-17)13(7)21)3-5-10(12(9)11)16(20)24/h2-5H. The fraction of sp³-hybridized carbons (Fsp3) is 0. The predicted octanol–water partition coefficient (Wildman–Crippen LogP) is 3.49. The molecule has 0 unspecified atom stereocenters. The van der Waals surface area contributed by atoms with Gasteiger partial charge in [-0.2, -0.15) is 16.8 Å². The van der Waals surface area contributed by atoms with Crippen LogP contribution in [0, 0.1) is 18.0 Å². The van der Waals surface area contributed by atoms with Crippen molar-refractivity contribution in [2.45, 2.75) is 0 Å². The molecule has 4 nitrogen and oxygen atoms in total. The third-order valence-electron chi connectivity index (χ3n) is 4.07. The van der Waals surface area contributed by atoms with E-state index in [1.165, 1.54) is 9.91 Å². The quantitative estimate of drug-likeness (QED) is 0.393. The molecule has 0 N–H and O–H groups in total. The molecule has 2 heterocycles. The highest BCUT2D eigenvalue weighted by Gasteiger charge is 2.36. The Kier molecular flexibility index (Phi) is 3.21. The molecular formula is C16H4N4S4. The summed E-state index contributed by atoms with van der Waals surface area (Å²) < 4.78 is 0. The second-order valence-corrected chi connectivity index (χ2v) is 6.69. The van der Waals surface area contributed by atoms with Gasteiger partial charge in [0.1, 0.15) is 9.98 Å². The number of hydrogen-bond donors (Lipinski definition) is 0. The lowest BCUT2D eigenvalue weighted by Crippen LogP contribution is -2.38. The van der Waals surface area contributed by atoms with Crippen molar-refractivity contribution in [3.05, 3.63) is 58.0 Å². The zero-order valence-electron chi connectivity index (χ0n) is 11.7. The van der Waals surface area contributed by atoms with Gasteiger partial charge in [0.25, 0.3) is 0 Å². The van der Waals surface area contributed by atoms with Gasteiger partial charge < -0.3 is 0 Å². The first kappa shape index (κ1) is 15.2. The van der Waals surface area contributed by atoms with E-state index in [1.54, 1.807) is 0 Å². The minimum atomic E-state index is 0.364. The highest BCUT2D eigenvalue weighted by molar-refractivity contribution is 7.83. The molecule has 0 spiro atoms. The van der Waals surface area contributed by atoms with Crippen molar-refractivity contribution >= 4 is 79.6 Å². The molecule has 2 aliphatic rings. The first-order valence-electron chi connectivity index (χ1n) is 6.65. The molecule has 0 bridgehead atoms. The molecule has 0 aliphatic carbocycles. The average molecular weight is 381 g/mol. The van der Waals surface area contributed by atoms with E-state index in [9.17, 15) is 5.26 Å². The fourth-order valence-electron chi connectivity index (χ4n) is 3.04. The molecular weight excluding hydrogens is 376 g/mol. The van der Waals surface area contributed by atoms with Gasteiger partial charge in [-0.1, -0.05) is 73.1 Å². The van der Waals surface area contributed by atoms with E-state index in [0.29, 0.717) is 20.0 Å². The monoisotopic (exact) mass is 380 g/mol. The predicted molar refractivity (Wildman–Crippen MR) is 107 cm³/mol. The molecule has 24 heavy (non-hydrogen) atoms. The molecule has 2 aromatic rings. The Morgan fingerprint density at radius 3 is 1.50 bits per heavy atom.